The van der Waals surface area contributed by atoms with Crippen LogP contribution in [-0.2, 0) is 4.79 Å². The molecule has 0 saturated carbocycles. The van der Waals surface area contributed by atoms with Gasteiger partial charge in [-0.15, -0.1) is 0 Å². The second-order valence-corrected chi connectivity index (χ2v) is 7.61. The molecule has 0 bridgehead atoms. The van der Waals surface area contributed by atoms with E-state index in [1.165, 1.54) is 6.07 Å². The summed E-state index contributed by atoms with van der Waals surface area (Å²) < 4.78 is 14.3. The largest absolute Gasteiger partial charge is 0.345 e. The minimum Gasteiger partial charge on any atom is -0.345 e. The molecule has 4 rings (SSSR count). The first-order valence-electron chi connectivity index (χ1n) is 9.41. The molecule has 2 aliphatic rings. The average molecular weight is 366 g/mol. The molecule has 0 radical (unpaired) electrons. The zero-order valence-electron chi connectivity index (χ0n) is 15.5. The summed E-state index contributed by atoms with van der Waals surface area (Å²) in [5.41, 5.74) is 1.05. The number of hydrogen-bond donors (Lipinski definition) is 0. The molecule has 2 aromatic carbocycles. The Kier molecular flexibility index (Phi) is 4.46. The van der Waals surface area contributed by atoms with E-state index in [4.69, 9.17) is 0 Å². The maximum Gasteiger partial charge on any atom is 0.254 e. The van der Waals surface area contributed by atoms with Gasteiger partial charge in [0, 0.05) is 37.8 Å². The maximum atomic E-state index is 14.3. The van der Waals surface area contributed by atoms with Gasteiger partial charge in [0.2, 0.25) is 5.91 Å². The molecular weight excluding hydrogens is 343 g/mol. The van der Waals surface area contributed by atoms with Crippen molar-refractivity contribution in [1.82, 2.24) is 9.80 Å². The van der Waals surface area contributed by atoms with Crippen LogP contribution < -0.4 is 0 Å². The van der Waals surface area contributed by atoms with E-state index in [-0.39, 0.29) is 17.6 Å². The van der Waals surface area contributed by atoms with Crippen LogP contribution >= 0.6 is 0 Å². The third-order valence-corrected chi connectivity index (χ3v) is 5.91. The van der Waals surface area contributed by atoms with Crippen LogP contribution in [0.5, 0.6) is 0 Å². The maximum absolute atomic E-state index is 14.3. The molecule has 5 heteroatoms. The van der Waals surface area contributed by atoms with Gasteiger partial charge in [0.05, 0.1) is 5.41 Å². The van der Waals surface area contributed by atoms with E-state index >= 15 is 0 Å². The van der Waals surface area contributed by atoms with Gasteiger partial charge >= 0.3 is 0 Å². The number of amides is 2. The molecular formula is C22H23FN2O2. The van der Waals surface area contributed by atoms with Crippen LogP contribution in [0.1, 0.15) is 29.6 Å². The van der Waals surface area contributed by atoms with Gasteiger partial charge in [0.25, 0.3) is 5.91 Å². The average Bonchev–Trinajstić information content (AvgIpc) is 3.11. The fourth-order valence-corrected chi connectivity index (χ4v) is 4.45. The van der Waals surface area contributed by atoms with Gasteiger partial charge in [0.15, 0.2) is 0 Å². The Bertz CT molecular complexity index is 897. The van der Waals surface area contributed by atoms with Gasteiger partial charge in [-0.3, -0.25) is 9.59 Å². The van der Waals surface area contributed by atoms with E-state index < -0.39 is 5.41 Å². The van der Waals surface area contributed by atoms with Gasteiger partial charge < -0.3 is 9.80 Å². The van der Waals surface area contributed by atoms with E-state index in [0.29, 0.717) is 36.2 Å². The molecule has 2 amide bonds. The highest BCUT2D eigenvalue weighted by Crippen LogP contribution is 2.40. The summed E-state index contributed by atoms with van der Waals surface area (Å²) in [5, 5.41) is 0. The predicted molar refractivity (Wildman–Crippen MR) is 102 cm³/mol. The van der Waals surface area contributed by atoms with E-state index in [2.05, 4.69) is 0 Å². The van der Waals surface area contributed by atoms with Crippen molar-refractivity contribution in [1.29, 1.82) is 0 Å². The van der Waals surface area contributed by atoms with Gasteiger partial charge in [-0.1, -0.05) is 36.4 Å². The number of hydrogen-bond acceptors (Lipinski definition) is 2. The van der Waals surface area contributed by atoms with Crippen molar-refractivity contribution in [3.63, 3.8) is 0 Å². The summed E-state index contributed by atoms with van der Waals surface area (Å²) in [5.74, 6) is -0.335. The van der Waals surface area contributed by atoms with Crippen LogP contribution in [0.3, 0.4) is 0 Å². The second-order valence-electron chi connectivity index (χ2n) is 7.61. The van der Waals surface area contributed by atoms with Crippen molar-refractivity contribution < 1.29 is 14.0 Å². The van der Waals surface area contributed by atoms with Crippen molar-refractivity contribution in [2.45, 2.75) is 19.3 Å². The molecule has 1 atom stereocenters. The summed E-state index contributed by atoms with van der Waals surface area (Å²) >= 11 is 0. The smallest absolute Gasteiger partial charge is 0.254 e. The quantitative estimate of drug-likeness (QED) is 0.815. The fourth-order valence-electron chi connectivity index (χ4n) is 4.45. The number of piperidine rings is 1. The Labute approximate surface area is 158 Å². The molecule has 140 valence electrons. The number of halogens is 1. The molecule has 2 saturated heterocycles. The monoisotopic (exact) mass is 366 g/mol. The fraction of sp³-hybridized carbons (Fsp3) is 0.364. The van der Waals surface area contributed by atoms with Crippen LogP contribution in [0.15, 0.2) is 48.5 Å². The minimum absolute atomic E-state index is 0.133. The van der Waals surface area contributed by atoms with Crippen LogP contribution in [0.2, 0.25) is 0 Å². The zero-order chi connectivity index (χ0) is 19.0. The van der Waals surface area contributed by atoms with Crippen LogP contribution in [0, 0.1) is 11.2 Å². The highest BCUT2D eigenvalue weighted by molar-refractivity contribution is 6.01. The molecule has 2 fully saturated rings. The SMILES string of the molecule is CN1CCCC2(CCN(C(=O)c3ccccc3-c3ccccc3F)C2)C1=O. The highest BCUT2D eigenvalue weighted by atomic mass is 19.1. The van der Waals surface area contributed by atoms with Crippen molar-refractivity contribution in [3.05, 3.63) is 59.9 Å². The lowest BCUT2D eigenvalue weighted by Crippen LogP contribution is -2.48. The number of nitrogens with zero attached hydrogens (tertiary/aromatic N) is 2. The zero-order valence-corrected chi connectivity index (χ0v) is 15.5. The third-order valence-electron chi connectivity index (χ3n) is 5.91. The first kappa shape index (κ1) is 17.7. The van der Waals surface area contributed by atoms with Gasteiger partial charge in [-0.25, -0.2) is 4.39 Å². The third kappa shape index (κ3) is 3.01. The summed E-state index contributed by atoms with van der Waals surface area (Å²) in [6.45, 7) is 1.79. The predicted octanol–water partition coefficient (Wildman–Crippen LogP) is 3.58. The summed E-state index contributed by atoms with van der Waals surface area (Å²) in [7, 11) is 1.83. The number of likely N-dealkylation sites (tertiary alicyclic amines) is 2. The molecule has 2 aromatic rings. The lowest BCUT2D eigenvalue weighted by atomic mass is 9.78. The van der Waals surface area contributed by atoms with Crippen LogP contribution in [-0.4, -0.2) is 48.3 Å². The number of carbonyl (C=O) groups excluding carboxylic acids is 2. The minimum atomic E-state index is -0.449. The Morgan fingerprint density at radius 1 is 1.00 bits per heavy atom. The Morgan fingerprint density at radius 2 is 1.70 bits per heavy atom. The number of carbonyl (C=O) groups is 2. The lowest BCUT2D eigenvalue weighted by Gasteiger charge is -2.37. The van der Waals surface area contributed by atoms with Crippen molar-refractivity contribution >= 4 is 11.8 Å². The van der Waals surface area contributed by atoms with E-state index in [9.17, 15) is 14.0 Å². The van der Waals surface area contributed by atoms with Crippen LogP contribution in [0.4, 0.5) is 4.39 Å². The lowest BCUT2D eigenvalue weighted by molar-refractivity contribution is -0.143. The first-order chi connectivity index (χ1) is 13.0. The van der Waals surface area contributed by atoms with Crippen molar-refractivity contribution in [2.75, 3.05) is 26.7 Å². The molecule has 0 N–H and O–H groups in total. The summed E-state index contributed by atoms with van der Waals surface area (Å²) in [6.07, 6.45) is 2.49. The molecule has 0 aromatic heterocycles. The molecule has 0 aliphatic carbocycles. The van der Waals surface area contributed by atoms with Gasteiger partial charge in [-0.05, 0) is 37.0 Å². The molecule has 2 aliphatic heterocycles. The summed E-state index contributed by atoms with van der Waals surface area (Å²) in [4.78, 5) is 29.5. The molecule has 2 heterocycles. The first-order valence-corrected chi connectivity index (χ1v) is 9.41. The molecule has 27 heavy (non-hydrogen) atoms. The molecule has 1 spiro atoms. The normalized spacial score (nSPS) is 22.5. The van der Waals surface area contributed by atoms with E-state index in [1.807, 2.05) is 13.1 Å². The standard InChI is InChI=1S/C22H23FN2O2/c1-24-13-6-11-22(21(24)27)12-14-25(15-22)20(26)18-9-3-2-7-16(18)17-8-4-5-10-19(17)23/h2-5,7-10H,6,11-15H2,1H3. The molecule has 1 unspecified atom stereocenters. The second kappa shape index (κ2) is 6.80. The van der Waals surface area contributed by atoms with E-state index in [1.54, 1.807) is 46.2 Å². The molecule has 4 nitrogen and oxygen atoms in total. The van der Waals surface area contributed by atoms with Crippen molar-refractivity contribution in [2.24, 2.45) is 5.41 Å². The highest BCUT2D eigenvalue weighted by Gasteiger charge is 2.48. The van der Waals surface area contributed by atoms with Gasteiger partial charge in [-0.2, -0.15) is 0 Å². The van der Waals surface area contributed by atoms with Crippen molar-refractivity contribution in [3.8, 4) is 11.1 Å². The Balaban J connectivity index is 1.64. The summed E-state index contributed by atoms with van der Waals surface area (Å²) in [6, 6.07) is 13.6. The van der Waals surface area contributed by atoms with Crippen LogP contribution in [0.25, 0.3) is 11.1 Å². The number of rotatable bonds is 2. The Hall–Kier alpha value is -2.69. The Morgan fingerprint density at radius 3 is 2.48 bits per heavy atom. The topological polar surface area (TPSA) is 40.6 Å². The number of benzene rings is 2. The van der Waals surface area contributed by atoms with Gasteiger partial charge in [0.1, 0.15) is 5.82 Å². The van der Waals surface area contributed by atoms with E-state index in [0.717, 1.165) is 19.4 Å².